The fourth-order valence-electron chi connectivity index (χ4n) is 2.25. The highest BCUT2D eigenvalue weighted by Gasteiger charge is 2.50. The van der Waals surface area contributed by atoms with E-state index < -0.39 is 29.0 Å². The van der Waals surface area contributed by atoms with E-state index in [4.69, 9.17) is 10.5 Å². The molecule has 0 radical (unpaired) electrons. The summed E-state index contributed by atoms with van der Waals surface area (Å²) in [5.41, 5.74) is 4.03. The minimum absolute atomic E-state index is 0.447. The van der Waals surface area contributed by atoms with Crippen molar-refractivity contribution in [3.63, 3.8) is 0 Å². The number of ether oxygens (including phenoxy) is 1. The van der Waals surface area contributed by atoms with Crippen molar-refractivity contribution in [1.82, 2.24) is 0 Å². The van der Waals surface area contributed by atoms with E-state index in [1.165, 1.54) is 0 Å². The summed E-state index contributed by atoms with van der Waals surface area (Å²) in [6.07, 6.45) is 2.48. The number of carboxylic acids is 1. The smallest absolute Gasteiger partial charge is 0.324 e. The van der Waals surface area contributed by atoms with Crippen LogP contribution in [0.25, 0.3) is 0 Å². The average Bonchev–Trinajstić information content (AvgIpc) is 2.63. The number of aliphatic carboxylic acids is 1. The summed E-state index contributed by atoms with van der Waals surface area (Å²) in [5.74, 6) is -1.62. The molecular weight excluding hydrogens is 222 g/mol. The Morgan fingerprint density at radius 2 is 1.76 bits per heavy atom. The molecule has 1 atom stereocenters. The van der Waals surface area contributed by atoms with E-state index in [0.29, 0.717) is 12.8 Å². The zero-order valence-corrected chi connectivity index (χ0v) is 10.7. The van der Waals surface area contributed by atoms with Gasteiger partial charge >= 0.3 is 11.9 Å². The highest BCUT2D eigenvalue weighted by atomic mass is 16.6. The van der Waals surface area contributed by atoms with Gasteiger partial charge in [-0.2, -0.15) is 0 Å². The Balaban J connectivity index is 2.83. The van der Waals surface area contributed by atoms with Gasteiger partial charge in [0.15, 0.2) is 0 Å². The Morgan fingerprint density at radius 1 is 1.29 bits per heavy atom. The second kappa shape index (κ2) is 4.64. The Bertz CT molecular complexity index is 313. The highest BCUT2D eigenvalue weighted by molar-refractivity contribution is 5.87. The first-order chi connectivity index (χ1) is 7.69. The first-order valence-electron chi connectivity index (χ1n) is 5.91. The molecule has 0 spiro atoms. The first kappa shape index (κ1) is 14.0. The number of carbonyl (C=O) groups is 2. The molecular formula is C12H21NO4. The van der Waals surface area contributed by atoms with E-state index in [-0.39, 0.29) is 0 Å². The number of carboxylic acid groups (broad SMARTS) is 1. The lowest BCUT2D eigenvalue weighted by Gasteiger charge is -2.31. The van der Waals surface area contributed by atoms with Crippen molar-refractivity contribution in [3.05, 3.63) is 0 Å². The Hall–Kier alpha value is -1.10. The molecule has 98 valence electrons. The monoisotopic (exact) mass is 243 g/mol. The van der Waals surface area contributed by atoms with Crippen LogP contribution >= 0.6 is 0 Å². The van der Waals surface area contributed by atoms with Gasteiger partial charge in [-0.05, 0) is 33.6 Å². The number of rotatable bonds is 3. The van der Waals surface area contributed by atoms with Crippen molar-refractivity contribution in [2.75, 3.05) is 0 Å². The predicted molar refractivity (Wildman–Crippen MR) is 62.4 cm³/mol. The highest BCUT2D eigenvalue weighted by Crippen LogP contribution is 2.41. The second-order valence-electron chi connectivity index (χ2n) is 5.68. The maximum Gasteiger partial charge on any atom is 0.324 e. The molecule has 0 aromatic rings. The average molecular weight is 243 g/mol. The molecule has 0 heterocycles. The lowest BCUT2D eigenvalue weighted by atomic mass is 9.79. The van der Waals surface area contributed by atoms with Gasteiger partial charge in [0.2, 0.25) is 0 Å². The molecule has 5 nitrogen and oxygen atoms in total. The number of hydrogen-bond acceptors (Lipinski definition) is 4. The second-order valence-corrected chi connectivity index (χ2v) is 5.68. The minimum atomic E-state index is -1.14. The van der Waals surface area contributed by atoms with Gasteiger partial charge in [-0.15, -0.1) is 0 Å². The first-order valence-corrected chi connectivity index (χ1v) is 5.91. The summed E-state index contributed by atoms with van der Waals surface area (Å²) in [7, 11) is 0. The van der Waals surface area contributed by atoms with E-state index in [9.17, 15) is 14.7 Å². The molecule has 0 aliphatic heterocycles. The standard InChI is InChI=1S/C12H21NO4/c1-11(2,3)17-9(14)8(13)12(10(15)16)6-4-5-7-12/h8H,4-7,13H2,1-3H3,(H,15,16). The van der Waals surface area contributed by atoms with Crippen molar-refractivity contribution in [3.8, 4) is 0 Å². The summed E-state index contributed by atoms with van der Waals surface area (Å²) in [5, 5.41) is 9.29. The molecule has 1 unspecified atom stereocenters. The normalized spacial score (nSPS) is 20.9. The van der Waals surface area contributed by atoms with Crippen LogP contribution in [0.15, 0.2) is 0 Å². The third-order valence-corrected chi connectivity index (χ3v) is 3.18. The number of esters is 1. The zero-order valence-electron chi connectivity index (χ0n) is 10.7. The molecule has 0 amide bonds. The predicted octanol–water partition coefficient (Wildman–Crippen LogP) is 1.30. The van der Waals surface area contributed by atoms with Gasteiger partial charge in [0.05, 0.1) is 5.41 Å². The van der Waals surface area contributed by atoms with Crippen molar-refractivity contribution >= 4 is 11.9 Å². The number of hydrogen-bond donors (Lipinski definition) is 2. The van der Waals surface area contributed by atoms with Crippen LogP contribution in [0.1, 0.15) is 46.5 Å². The minimum Gasteiger partial charge on any atom is -0.481 e. The van der Waals surface area contributed by atoms with Crippen LogP contribution in [0, 0.1) is 5.41 Å². The summed E-state index contributed by atoms with van der Waals surface area (Å²) >= 11 is 0. The maximum atomic E-state index is 11.8. The molecule has 1 aliphatic carbocycles. The molecule has 1 fully saturated rings. The molecule has 0 bridgehead atoms. The topological polar surface area (TPSA) is 89.6 Å². The summed E-state index contributed by atoms with van der Waals surface area (Å²) in [6, 6.07) is -1.08. The summed E-state index contributed by atoms with van der Waals surface area (Å²) < 4.78 is 5.16. The van der Waals surface area contributed by atoms with E-state index in [1.807, 2.05) is 0 Å². The van der Waals surface area contributed by atoms with Crippen LogP contribution in [0.3, 0.4) is 0 Å². The van der Waals surface area contributed by atoms with Gasteiger partial charge < -0.3 is 15.6 Å². The van der Waals surface area contributed by atoms with E-state index in [0.717, 1.165) is 12.8 Å². The number of carbonyl (C=O) groups excluding carboxylic acids is 1. The molecule has 0 aromatic carbocycles. The Kier molecular flexibility index (Phi) is 3.81. The lowest BCUT2D eigenvalue weighted by molar-refractivity contribution is -0.167. The Morgan fingerprint density at radius 3 is 2.12 bits per heavy atom. The van der Waals surface area contributed by atoms with Crippen LogP contribution in [0.4, 0.5) is 0 Å². The van der Waals surface area contributed by atoms with E-state index >= 15 is 0 Å². The van der Waals surface area contributed by atoms with Crippen LogP contribution in [-0.4, -0.2) is 28.7 Å². The zero-order chi connectivity index (χ0) is 13.3. The molecule has 17 heavy (non-hydrogen) atoms. The maximum absolute atomic E-state index is 11.8. The molecule has 5 heteroatoms. The SMILES string of the molecule is CC(C)(C)OC(=O)C(N)C1(C(=O)O)CCCC1. The fourth-order valence-corrected chi connectivity index (χ4v) is 2.25. The van der Waals surface area contributed by atoms with Crippen molar-refractivity contribution < 1.29 is 19.4 Å². The van der Waals surface area contributed by atoms with Gasteiger partial charge in [0.25, 0.3) is 0 Å². The van der Waals surface area contributed by atoms with Crippen LogP contribution in [0.5, 0.6) is 0 Å². The third kappa shape index (κ3) is 2.97. The van der Waals surface area contributed by atoms with Gasteiger partial charge in [-0.3, -0.25) is 9.59 Å². The van der Waals surface area contributed by atoms with Crippen LogP contribution in [0.2, 0.25) is 0 Å². The van der Waals surface area contributed by atoms with Gasteiger partial charge in [0.1, 0.15) is 11.6 Å². The lowest BCUT2D eigenvalue weighted by Crippen LogP contribution is -2.52. The van der Waals surface area contributed by atoms with Crippen molar-refractivity contribution in [2.24, 2.45) is 11.1 Å². The van der Waals surface area contributed by atoms with Crippen LogP contribution in [-0.2, 0) is 14.3 Å². The van der Waals surface area contributed by atoms with Gasteiger partial charge in [-0.25, -0.2) is 0 Å². The fraction of sp³-hybridized carbons (Fsp3) is 0.833. The van der Waals surface area contributed by atoms with Crippen molar-refractivity contribution in [1.29, 1.82) is 0 Å². The molecule has 1 saturated carbocycles. The summed E-state index contributed by atoms with van der Waals surface area (Å²) in [6.45, 7) is 5.21. The van der Waals surface area contributed by atoms with Gasteiger partial charge in [-0.1, -0.05) is 12.8 Å². The molecule has 0 saturated heterocycles. The van der Waals surface area contributed by atoms with Crippen molar-refractivity contribution in [2.45, 2.75) is 58.1 Å². The molecule has 3 N–H and O–H groups in total. The molecule has 0 aromatic heterocycles. The van der Waals surface area contributed by atoms with Crippen LogP contribution < -0.4 is 5.73 Å². The number of nitrogens with two attached hydrogens (primary N) is 1. The summed E-state index contributed by atoms with van der Waals surface area (Å²) in [4.78, 5) is 23.2. The molecule has 1 aliphatic rings. The largest absolute Gasteiger partial charge is 0.481 e. The Labute approximate surface area is 101 Å². The third-order valence-electron chi connectivity index (χ3n) is 3.18. The quantitative estimate of drug-likeness (QED) is 0.729. The van der Waals surface area contributed by atoms with E-state index in [1.54, 1.807) is 20.8 Å². The van der Waals surface area contributed by atoms with Gasteiger partial charge in [0, 0.05) is 0 Å². The van der Waals surface area contributed by atoms with E-state index in [2.05, 4.69) is 0 Å². The molecule has 1 rings (SSSR count).